The number of benzene rings is 1. The van der Waals surface area contributed by atoms with Gasteiger partial charge in [0.25, 0.3) is 0 Å². The molecular formula is C17H23N3O. The Labute approximate surface area is 125 Å². The zero-order valence-corrected chi connectivity index (χ0v) is 12.9. The van der Waals surface area contributed by atoms with Crippen LogP contribution in [0.1, 0.15) is 56.8 Å². The number of hydrogen-bond acceptors (Lipinski definition) is 4. The Bertz CT molecular complexity index is 592. The molecule has 3 rings (SSSR count). The zero-order chi connectivity index (χ0) is 15.0. The number of aromatic nitrogens is 2. The van der Waals surface area contributed by atoms with Crippen LogP contribution in [-0.2, 0) is 5.41 Å². The van der Waals surface area contributed by atoms with Gasteiger partial charge in [-0.3, -0.25) is 0 Å². The molecule has 0 aliphatic heterocycles. The first-order valence-electron chi connectivity index (χ1n) is 7.70. The van der Waals surface area contributed by atoms with E-state index in [4.69, 9.17) is 15.2 Å². The molecular weight excluding hydrogens is 262 g/mol. The molecule has 1 aromatic carbocycles. The highest BCUT2D eigenvalue weighted by Crippen LogP contribution is 2.52. The van der Waals surface area contributed by atoms with Gasteiger partial charge in [0, 0.05) is 6.04 Å². The van der Waals surface area contributed by atoms with Crippen molar-refractivity contribution in [3.8, 4) is 0 Å². The first kappa shape index (κ1) is 14.3. The molecule has 2 aromatic rings. The SMILES string of the molecule is CC(C)C(c1nc(C2(c3ccccc3)CC2)no1)C(C)N. The van der Waals surface area contributed by atoms with Gasteiger partial charge in [0.1, 0.15) is 0 Å². The van der Waals surface area contributed by atoms with Crippen LogP contribution >= 0.6 is 0 Å². The molecule has 1 fully saturated rings. The molecule has 2 atom stereocenters. The lowest BCUT2D eigenvalue weighted by molar-refractivity contribution is 0.298. The molecule has 1 aliphatic carbocycles. The Kier molecular flexibility index (Phi) is 3.57. The van der Waals surface area contributed by atoms with Crippen LogP contribution < -0.4 is 5.73 Å². The standard InChI is InChI=1S/C17H23N3O/c1-11(2)14(12(3)18)15-19-16(20-21-15)17(9-10-17)13-7-5-4-6-8-13/h4-8,11-12,14H,9-10,18H2,1-3H3. The Morgan fingerprint density at radius 3 is 2.33 bits per heavy atom. The third-order valence-electron chi connectivity index (χ3n) is 4.52. The van der Waals surface area contributed by atoms with Crippen LogP contribution in [0.15, 0.2) is 34.9 Å². The fourth-order valence-electron chi connectivity index (χ4n) is 3.21. The van der Waals surface area contributed by atoms with Crippen LogP contribution in [0.2, 0.25) is 0 Å². The predicted octanol–water partition coefficient (Wildman–Crippen LogP) is 3.24. The molecule has 0 spiro atoms. The Balaban J connectivity index is 1.92. The average Bonchev–Trinajstić information content (AvgIpc) is 3.13. The fourth-order valence-corrected chi connectivity index (χ4v) is 3.21. The summed E-state index contributed by atoms with van der Waals surface area (Å²) in [5, 5.41) is 4.27. The van der Waals surface area contributed by atoms with Gasteiger partial charge in [0.15, 0.2) is 5.82 Å². The van der Waals surface area contributed by atoms with Crippen molar-refractivity contribution in [3.05, 3.63) is 47.6 Å². The molecule has 0 amide bonds. The summed E-state index contributed by atoms with van der Waals surface area (Å²) in [5.74, 6) is 1.98. The Hall–Kier alpha value is -1.68. The van der Waals surface area contributed by atoms with E-state index in [1.165, 1.54) is 5.56 Å². The number of rotatable bonds is 5. The number of hydrogen-bond donors (Lipinski definition) is 1. The molecule has 1 heterocycles. The van der Waals surface area contributed by atoms with Crippen molar-refractivity contribution in [3.63, 3.8) is 0 Å². The van der Waals surface area contributed by atoms with Gasteiger partial charge in [-0.15, -0.1) is 0 Å². The largest absolute Gasteiger partial charge is 0.339 e. The van der Waals surface area contributed by atoms with E-state index in [2.05, 4.69) is 43.3 Å². The van der Waals surface area contributed by atoms with Crippen LogP contribution in [0.5, 0.6) is 0 Å². The maximum absolute atomic E-state index is 6.09. The van der Waals surface area contributed by atoms with E-state index in [9.17, 15) is 0 Å². The van der Waals surface area contributed by atoms with Crippen LogP contribution in [0.4, 0.5) is 0 Å². The molecule has 21 heavy (non-hydrogen) atoms. The van der Waals surface area contributed by atoms with Gasteiger partial charge in [0.2, 0.25) is 5.89 Å². The third kappa shape index (κ3) is 2.48. The minimum absolute atomic E-state index is 0.00479. The smallest absolute Gasteiger partial charge is 0.231 e. The van der Waals surface area contributed by atoms with Gasteiger partial charge in [-0.1, -0.05) is 49.3 Å². The van der Waals surface area contributed by atoms with Crippen molar-refractivity contribution >= 4 is 0 Å². The van der Waals surface area contributed by atoms with E-state index in [0.29, 0.717) is 11.8 Å². The first-order chi connectivity index (χ1) is 10.0. The minimum Gasteiger partial charge on any atom is -0.339 e. The monoisotopic (exact) mass is 285 g/mol. The maximum atomic E-state index is 6.09. The zero-order valence-electron chi connectivity index (χ0n) is 12.9. The molecule has 2 unspecified atom stereocenters. The predicted molar refractivity (Wildman–Crippen MR) is 82.0 cm³/mol. The van der Waals surface area contributed by atoms with Gasteiger partial charge < -0.3 is 10.3 Å². The van der Waals surface area contributed by atoms with E-state index >= 15 is 0 Å². The lowest BCUT2D eigenvalue weighted by atomic mass is 9.89. The van der Waals surface area contributed by atoms with Gasteiger partial charge in [-0.2, -0.15) is 4.98 Å². The van der Waals surface area contributed by atoms with Crippen molar-refractivity contribution in [1.29, 1.82) is 0 Å². The summed E-state index contributed by atoms with van der Waals surface area (Å²) in [6.45, 7) is 6.28. The van der Waals surface area contributed by atoms with E-state index in [0.717, 1.165) is 18.7 Å². The average molecular weight is 285 g/mol. The number of nitrogens with two attached hydrogens (primary N) is 1. The topological polar surface area (TPSA) is 64.9 Å². The van der Waals surface area contributed by atoms with Crippen LogP contribution in [-0.4, -0.2) is 16.2 Å². The van der Waals surface area contributed by atoms with Crippen LogP contribution in [0.25, 0.3) is 0 Å². The van der Waals surface area contributed by atoms with Gasteiger partial charge in [-0.25, -0.2) is 0 Å². The Morgan fingerprint density at radius 2 is 1.81 bits per heavy atom. The van der Waals surface area contributed by atoms with Crippen molar-refractivity contribution < 1.29 is 4.52 Å². The molecule has 0 saturated heterocycles. The highest BCUT2D eigenvalue weighted by atomic mass is 16.5. The van der Waals surface area contributed by atoms with Crippen molar-refractivity contribution in [2.24, 2.45) is 11.7 Å². The minimum atomic E-state index is -0.0393. The maximum Gasteiger partial charge on any atom is 0.231 e. The molecule has 112 valence electrons. The van der Waals surface area contributed by atoms with Crippen LogP contribution in [0, 0.1) is 5.92 Å². The summed E-state index contributed by atoms with van der Waals surface area (Å²) in [4.78, 5) is 4.71. The quantitative estimate of drug-likeness (QED) is 0.916. The molecule has 4 nitrogen and oxygen atoms in total. The second-order valence-electron chi connectivity index (χ2n) is 6.53. The normalized spacial score (nSPS) is 19.5. The summed E-state index contributed by atoms with van der Waals surface area (Å²) < 4.78 is 5.56. The van der Waals surface area contributed by atoms with Gasteiger partial charge >= 0.3 is 0 Å². The van der Waals surface area contributed by atoms with E-state index in [1.807, 2.05) is 13.0 Å². The summed E-state index contributed by atoms with van der Waals surface area (Å²) in [6.07, 6.45) is 2.17. The molecule has 1 saturated carbocycles. The van der Waals surface area contributed by atoms with Crippen molar-refractivity contribution in [2.75, 3.05) is 0 Å². The van der Waals surface area contributed by atoms with Gasteiger partial charge in [-0.05, 0) is 31.2 Å². The van der Waals surface area contributed by atoms with E-state index in [1.54, 1.807) is 0 Å². The van der Waals surface area contributed by atoms with Gasteiger partial charge in [0.05, 0.1) is 11.3 Å². The second-order valence-corrected chi connectivity index (χ2v) is 6.53. The molecule has 0 bridgehead atoms. The van der Waals surface area contributed by atoms with E-state index in [-0.39, 0.29) is 17.4 Å². The molecule has 1 aliphatic rings. The molecule has 1 aromatic heterocycles. The fraction of sp³-hybridized carbons (Fsp3) is 0.529. The second kappa shape index (κ2) is 5.26. The molecule has 4 heteroatoms. The molecule has 2 N–H and O–H groups in total. The van der Waals surface area contributed by atoms with Crippen LogP contribution in [0.3, 0.4) is 0 Å². The third-order valence-corrected chi connectivity index (χ3v) is 4.52. The first-order valence-corrected chi connectivity index (χ1v) is 7.70. The van der Waals surface area contributed by atoms with E-state index < -0.39 is 0 Å². The summed E-state index contributed by atoms with van der Waals surface area (Å²) in [7, 11) is 0. The summed E-state index contributed by atoms with van der Waals surface area (Å²) >= 11 is 0. The summed E-state index contributed by atoms with van der Waals surface area (Å²) in [6, 6.07) is 10.5. The van der Waals surface area contributed by atoms with Crippen molar-refractivity contribution in [1.82, 2.24) is 10.1 Å². The van der Waals surface area contributed by atoms with Crippen molar-refractivity contribution in [2.45, 2.75) is 51.0 Å². The number of nitrogens with zero attached hydrogens (tertiary/aromatic N) is 2. The molecule has 0 radical (unpaired) electrons. The highest BCUT2D eigenvalue weighted by Gasteiger charge is 2.50. The lowest BCUT2D eigenvalue weighted by Crippen LogP contribution is -2.28. The highest BCUT2D eigenvalue weighted by molar-refractivity contribution is 5.38. The lowest BCUT2D eigenvalue weighted by Gasteiger charge is -2.20. The Morgan fingerprint density at radius 1 is 1.14 bits per heavy atom. The summed E-state index contributed by atoms with van der Waals surface area (Å²) in [5.41, 5.74) is 7.32.